The van der Waals surface area contributed by atoms with Crippen LogP contribution in [0.2, 0.25) is 0 Å². The fourth-order valence-electron chi connectivity index (χ4n) is 1.13. The van der Waals surface area contributed by atoms with Crippen LogP contribution in [0.4, 0.5) is 10.9 Å². The summed E-state index contributed by atoms with van der Waals surface area (Å²) in [5, 5.41) is 10.6. The summed E-state index contributed by atoms with van der Waals surface area (Å²) in [6.07, 6.45) is 1.70. The Morgan fingerprint density at radius 3 is 2.94 bits per heavy atom. The van der Waals surface area contributed by atoms with Crippen LogP contribution in [0.3, 0.4) is 0 Å². The maximum Gasteiger partial charge on any atom is 0.235 e. The van der Waals surface area contributed by atoms with E-state index in [2.05, 4.69) is 20.5 Å². The summed E-state index contributed by atoms with van der Waals surface area (Å²) in [5.74, 6) is 0.664. The molecule has 0 unspecified atom stereocenters. The zero-order valence-corrected chi connectivity index (χ0v) is 11.2. The number of anilines is 2. The molecule has 0 aliphatic carbocycles. The van der Waals surface area contributed by atoms with E-state index in [1.165, 1.54) is 23.1 Å². The number of hydrogen-bond acceptors (Lipinski definition) is 7. The summed E-state index contributed by atoms with van der Waals surface area (Å²) in [7, 11) is 0. The van der Waals surface area contributed by atoms with Crippen LogP contribution in [0, 0.1) is 6.92 Å². The second-order valence-electron chi connectivity index (χ2n) is 3.46. The molecule has 0 aliphatic heterocycles. The summed E-state index contributed by atoms with van der Waals surface area (Å²) >= 11 is 2.56. The minimum absolute atomic E-state index is 0.134. The average Bonchev–Trinajstić information content (AvgIpc) is 2.76. The highest BCUT2D eigenvalue weighted by atomic mass is 32.2. The minimum atomic E-state index is -0.134. The monoisotopic (exact) mass is 281 g/mol. The van der Waals surface area contributed by atoms with Crippen molar-refractivity contribution in [2.45, 2.75) is 11.3 Å². The van der Waals surface area contributed by atoms with Gasteiger partial charge in [-0.3, -0.25) is 4.79 Å². The Hall–Kier alpha value is -1.67. The number of nitrogen functional groups attached to an aromatic ring is 1. The Balaban J connectivity index is 1.83. The molecular formula is C10H11N5OS2. The van der Waals surface area contributed by atoms with Gasteiger partial charge in [0.2, 0.25) is 11.0 Å². The van der Waals surface area contributed by atoms with Crippen LogP contribution >= 0.6 is 23.1 Å². The first-order chi connectivity index (χ1) is 8.63. The third-order valence-corrected chi connectivity index (χ3v) is 3.81. The number of hydrogen-bond donors (Lipinski definition) is 2. The molecule has 0 spiro atoms. The van der Waals surface area contributed by atoms with Gasteiger partial charge >= 0.3 is 0 Å². The fourth-order valence-corrected chi connectivity index (χ4v) is 2.56. The summed E-state index contributed by atoms with van der Waals surface area (Å²) in [5.41, 5.74) is 6.49. The molecule has 0 atom stereocenters. The predicted molar refractivity (Wildman–Crippen MR) is 72.6 cm³/mol. The van der Waals surface area contributed by atoms with Crippen LogP contribution in [-0.2, 0) is 4.79 Å². The van der Waals surface area contributed by atoms with Crippen molar-refractivity contribution in [2.75, 3.05) is 16.8 Å². The number of pyridine rings is 1. The smallest absolute Gasteiger partial charge is 0.235 e. The highest BCUT2D eigenvalue weighted by Gasteiger charge is 2.07. The van der Waals surface area contributed by atoms with Crippen molar-refractivity contribution in [1.82, 2.24) is 15.2 Å². The number of carbonyl (C=O) groups is 1. The van der Waals surface area contributed by atoms with Crippen LogP contribution in [0.25, 0.3) is 0 Å². The molecule has 1 amide bonds. The van der Waals surface area contributed by atoms with Crippen LogP contribution in [0.15, 0.2) is 22.7 Å². The first-order valence-corrected chi connectivity index (χ1v) is 6.88. The van der Waals surface area contributed by atoms with E-state index >= 15 is 0 Å². The van der Waals surface area contributed by atoms with Gasteiger partial charge in [0.15, 0.2) is 4.34 Å². The van der Waals surface area contributed by atoms with Crippen molar-refractivity contribution < 1.29 is 4.79 Å². The van der Waals surface area contributed by atoms with Crippen molar-refractivity contribution in [1.29, 1.82) is 0 Å². The summed E-state index contributed by atoms with van der Waals surface area (Å²) in [6.45, 7) is 1.94. The van der Waals surface area contributed by atoms with Gasteiger partial charge < -0.3 is 11.1 Å². The highest BCUT2D eigenvalue weighted by Crippen LogP contribution is 2.23. The Morgan fingerprint density at radius 1 is 1.50 bits per heavy atom. The number of nitrogens with zero attached hydrogens (tertiary/aromatic N) is 3. The lowest BCUT2D eigenvalue weighted by Gasteiger charge is -2.03. The summed E-state index contributed by atoms with van der Waals surface area (Å²) < 4.78 is 0.680. The largest absolute Gasteiger partial charge is 0.374 e. The molecule has 8 heteroatoms. The molecule has 0 aromatic carbocycles. The summed E-state index contributed by atoms with van der Waals surface area (Å²) in [4.78, 5) is 15.7. The van der Waals surface area contributed by atoms with Gasteiger partial charge in [-0.25, -0.2) is 4.98 Å². The van der Waals surface area contributed by atoms with E-state index in [1.54, 1.807) is 12.3 Å². The third kappa shape index (κ3) is 3.67. The molecule has 3 N–H and O–H groups in total. The van der Waals surface area contributed by atoms with Crippen molar-refractivity contribution in [2.24, 2.45) is 0 Å². The van der Waals surface area contributed by atoms with Crippen LogP contribution in [0.5, 0.6) is 0 Å². The van der Waals surface area contributed by atoms with Crippen molar-refractivity contribution in [3.05, 3.63) is 23.9 Å². The number of carbonyl (C=O) groups excluding carboxylic acids is 1. The van der Waals surface area contributed by atoms with Crippen LogP contribution < -0.4 is 11.1 Å². The number of amides is 1. The van der Waals surface area contributed by atoms with E-state index in [4.69, 9.17) is 5.73 Å². The number of thioether (sulfide) groups is 1. The van der Waals surface area contributed by atoms with Gasteiger partial charge in [0.05, 0.1) is 5.75 Å². The second kappa shape index (κ2) is 5.78. The minimum Gasteiger partial charge on any atom is -0.374 e. The molecule has 0 saturated heterocycles. The fraction of sp³-hybridized carbons (Fsp3) is 0.200. The topological polar surface area (TPSA) is 93.8 Å². The van der Waals surface area contributed by atoms with E-state index in [9.17, 15) is 4.79 Å². The molecule has 2 heterocycles. The number of aromatic nitrogens is 3. The lowest BCUT2D eigenvalue weighted by molar-refractivity contribution is -0.113. The van der Waals surface area contributed by atoms with E-state index < -0.39 is 0 Å². The SMILES string of the molecule is Cc1ccc(NC(=O)CSc2nnc(N)s2)nc1. The molecule has 2 aromatic heterocycles. The molecule has 0 fully saturated rings. The molecule has 2 aromatic rings. The standard InChI is InChI=1S/C10H11N5OS2/c1-6-2-3-7(12-4-6)13-8(16)5-17-10-15-14-9(11)18-10/h2-4H,5H2,1H3,(H2,11,14)(H,12,13,16). The average molecular weight is 281 g/mol. The number of aryl methyl sites for hydroxylation is 1. The number of nitrogens with two attached hydrogens (primary N) is 1. The van der Waals surface area contributed by atoms with Crippen molar-refractivity contribution in [3.63, 3.8) is 0 Å². The molecule has 0 bridgehead atoms. The van der Waals surface area contributed by atoms with Gasteiger partial charge in [0, 0.05) is 6.20 Å². The lowest BCUT2D eigenvalue weighted by Crippen LogP contribution is -2.14. The number of nitrogens with one attached hydrogen (secondary N) is 1. The first kappa shape index (κ1) is 12.8. The lowest BCUT2D eigenvalue weighted by atomic mass is 10.3. The molecule has 0 saturated carbocycles. The van der Waals surface area contributed by atoms with Gasteiger partial charge in [-0.2, -0.15) is 0 Å². The third-order valence-electron chi connectivity index (χ3n) is 1.93. The Kier molecular flexibility index (Phi) is 4.11. The molecule has 6 nitrogen and oxygen atoms in total. The maximum atomic E-state index is 11.6. The quantitative estimate of drug-likeness (QED) is 0.826. The van der Waals surface area contributed by atoms with Crippen LogP contribution in [-0.4, -0.2) is 26.8 Å². The maximum absolute atomic E-state index is 11.6. The van der Waals surface area contributed by atoms with Gasteiger partial charge in [0.1, 0.15) is 5.82 Å². The first-order valence-electron chi connectivity index (χ1n) is 5.08. The van der Waals surface area contributed by atoms with E-state index in [-0.39, 0.29) is 11.7 Å². The molecular weight excluding hydrogens is 270 g/mol. The zero-order valence-electron chi connectivity index (χ0n) is 9.58. The Labute approximate surface area is 112 Å². The van der Waals surface area contributed by atoms with Crippen molar-refractivity contribution >= 4 is 40.0 Å². The van der Waals surface area contributed by atoms with E-state index in [0.717, 1.165) is 5.56 Å². The Morgan fingerprint density at radius 2 is 2.33 bits per heavy atom. The van der Waals surface area contributed by atoms with Crippen molar-refractivity contribution in [3.8, 4) is 0 Å². The number of rotatable bonds is 4. The molecule has 18 heavy (non-hydrogen) atoms. The van der Waals surface area contributed by atoms with Gasteiger partial charge in [-0.1, -0.05) is 29.2 Å². The van der Waals surface area contributed by atoms with Gasteiger partial charge in [0.25, 0.3) is 0 Å². The zero-order chi connectivity index (χ0) is 13.0. The predicted octanol–water partition coefficient (Wildman–Crippen LogP) is 1.55. The second-order valence-corrected chi connectivity index (χ2v) is 5.70. The van der Waals surface area contributed by atoms with E-state index in [0.29, 0.717) is 15.3 Å². The van der Waals surface area contributed by atoms with Gasteiger partial charge in [-0.15, -0.1) is 10.2 Å². The molecule has 2 rings (SSSR count). The van der Waals surface area contributed by atoms with Gasteiger partial charge in [-0.05, 0) is 18.6 Å². The highest BCUT2D eigenvalue weighted by molar-refractivity contribution is 8.01. The van der Waals surface area contributed by atoms with E-state index in [1.807, 2.05) is 13.0 Å². The molecule has 0 aliphatic rings. The molecule has 0 radical (unpaired) electrons. The summed E-state index contributed by atoms with van der Waals surface area (Å²) in [6, 6.07) is 3.65. The van der Waals surface area contributed by atoms with Crippen LogP contribution in [0.1, 0.15) is 5.56 Å². The Bertz CT molecular complexity index is 539. The normalized spacial score (nSPS) is 10.3. The molecule has 94 valence electrons.